The van der Waals surface area contributed by atoms with Gasteiger partial charge in [0.15, 0.2) is 0 Å². The first-order chi connectivity index (χ1) is 9.32. The van der Waals surface area contributed by atoms with Gasteiger partial charge in [0.25, 0.3) is 0 Å². The van der Waals surface area contributed by atoms with E-state index >= 15 is 0 Å². The fourth-order valence-corrected chi connectivity index (χ4v) is 4.59. The smallest absolute Gasteiger partial charge is 0.243 e. The fraction of sp³-hybridized carbons (Fsp3) is 0.600. The zero-order chi connectivity index (χ0) is 14.9. The van der Waals surface area contributed by atoms with E-state index in [0.29, 0.717) is 18.0 Å². The first-order valence-electron chi connectivity index (χ1n) is 7.15. The van der Waals surface area contributed by atoms with Crippen LogP contribution in [-0.4, -0.2) is 31.9 Å². The highest BCUT2D eigenvalue weighted by atomic mass is 32.2. The van der Waals surface area contributed by atoms with Gasteiger partial charge in [0.05, 0.1) is 4.90 Å². The predicted molar refractivity (Wildman–Crippen MR) is 81.0 cm³/mol. The Balaban J connectivity index is 2.32. The monoisotopic (exact) mass is 296 g/mol. The molecule has 20 heavy (non-hydrogen) atoms. The molecule has 2 rings (SSSR count). The van der Waals surface area contributed by atoms with E-state index in [9.17, 15) is 8.42 Å². The van der Waals surface area contributed by atoms with E-state index in [1.807, 2.05) is 32.9 Å². The molecule has 0 aliphatic carbocycles. The quantitative estimate of drug-likeness (QED) is 0.928. The van der Waals surface area contributed by atoms with Gasteiger partial charge in [0.2, 0.25) is 10.0 Å². The number of rotatable bonds is 3. The zero-order valence-corrected chi connectivity index (χ0v) is 13.3. The van der Waals surface area contributed by atoms with Crippen LogP contribution >= 0.6 is 0 Å². The van der Waals surface area contributed by atoms with Crippen LogP contribution in [-0.2, 0) is 10.0 Å². The molecule has 0 saturated carbocycles. The van der Waals surface area contributed by atoms with Crippen molar-refractivity contribution in [1.82, 2.24) is 4.31 Å². The van der Waals surface area contributed by atoms with Crippen molar-refractivity contribution in [3.63, 3.8) is 0 Å². The number of sulfonamides is 1. The molecule has 2 N–H and O–H groups in total. The lowest BCUT2D eigenvalue weighted by atomic mass is 9.93. The average molecular weight is 296 g/mol. The number of hydrogen-bond acceptors (Lipinski definition) is 3. The highest BCUT2D eigenvalue weighted by molar-refractivity contribution is 7.89. The van der Waals surface area contributed by atoms with Crippen molar-refractivity contribution in [2.24, 2.45) is 11.7 Å². The standard InChI is InChI=1S/C15H24N2O2S/c1-11-6-7-12(2)15(9-11)20(18,19)17-8-4-5-14(10-17)13(3)16/h6-7,9,13-14H,4-5,8,10,16H2,1-3H3/t13-,14+/m1/s1. The number of aryl methyl sites for hydroxylation is 2. The van der Waals surface area contributed by atoms with Gasteiger partial charge in [-0.3, -0.25) is 0 Å². The first-order valence-corrected chi connectivity index (χ1v) is 8.59. The second kappa shape index (κ2) is 5.84. The maximum Gasteiger partial charge on any atom is 0.243 e. The van der Waals surface area contributed by atoms with Crippen LogP contribution in [0.1, 0.15) is 30.9 Å². The summed E-state index contributed by atoms with van der Waals surface area (Å²) in [4.78, 5) is 0.433. The topological polar surface area (TPSA) is 63.4 Å². The summed E-state index contributed by atoms with van der Waals surface area (Å²) >= 11 is 0. The van der Waals surface area contributed by atoms with E-state index in [4.69, 9.17) is 5.73 Å². The molecule has 1 fully saturated rings. The van der Waals surface area contributed by atoms with Crippen LogP contribution in [0.3, 0.4) is 0 Å². The molecule has 1 aliphatic heterocycles. The van der Waals surface area contributed by atoms with Gasteiger partial charge >= 0.3 is 0 Å². The molecule has 0 aromatic heterocycles. The third-order valence-electron chi connectivity index (χ3n) is 4.13. The van der Waals surface area contributed by atoms with Crippen molar-refractivity contribution >= 4 is 10.0 Å². The highest BCUT2D eigenvalue weighted by Gasteiger charge is 2.32. The van der Waals surface area contributed by atoms with Crippen molar-refractivity contribution in [3.8, 4) is 0 Å². The summed E-state index contributed by atoms with van der Waals surface area (Å²) in [6.45, 7) is 6.85. The van der Waals surface area contributed by atoms with Gasteiger partial charge in [0.1, 0.15) is 0 Å². The SMILES string of the molecule is Cc1ccc(C)c(S(=O)(=O)N2CCC[C@H]([C@@H](C)N)C2)c1. The van der Waals surface area contributed by atoms with Crippen molar-refractivity contribution < 1.29 is 8.42 Å². The molecule has 1 saturated heterocycles. The number of benzene rings is 1. The molecule has 112 valence electrons. The van der Waals surface area contributed by atoms with E-state index in [2.05, 4.69) is 0 Å². The third kappa shape index (κ3) is 3.05. The van der Waals surface area contributed by atoms with Crippen LogP contribution in [0, 0.1) is 19.8 Å². The van der Waals surface area contributed by atoms with Crippen molar-refractivity contribution in [3.05, 3.63) is 29.3 Å². The summed E-state index contributed by atoms with van der Waals surface area (Å²) in [6.07, 6.45) is 1.90. The van der Waals surface area contributed by atoms with E-state index < -0.39 is 10.0 Å². The Labute approximate surface area is 122 Å². The minimum absolute atomic E-state index is 0.0339. The first kappa shape index (κ1) is 15.5. The molecule has 0 unspecified atom stereocenters. The van der Waals surface area contributed by atoms with Crippen molar-refractivity contribution in [2.45, 2.75) is 44.6 Å². The molecule has 5 heteroatoms. The van der Waals surface area contributed by atoms with Gasteiger partial charge in [-0.15, -0.1) is 0 Å². The van der Waals surface area contributed by atoms with Crippen molar-refractivity contribution in [2.75, 3.05) is 13.1 Å². The molecule has 0 bridgehead atoms. The minimum atomic E-state index is -3.40. The summed E-state index contributed by atoms with van der Waals surface area (Å²) in [5.41, 5.74) is 7.72. The summed E-state index contributed by atoms with van der Waals surface area (Å²) < 4.78 is 27.2. The van der Waals surface area contributed by atoms with Gasteiger partial charge in [-0.2, -0.15) is 4.31 Å². The molecule has 1 aromatic rings. The van der Waals surface area contributed by atoms with E-state index in [1.54, 1.807) is 10.4 Å². The molecule has 4 nitrogen and oxygen atoms in total. The summed E-state index contributed by atoms with van der Waals surface area (Å²) in [7, 11) is -3.40. The molecule has 2 atom stereocenters. The zero-order valence-electron chi connectivity index (χ0n) is 12.5. The Morgan fingerprint density at radius 1 is 1.35 bits per heavy atom. The third-order valence-corrected chi connectivity index (χ3v) is 6.13. The summed E-state index contributed by atoms with van der Waals surface area (Å²) in [5, 5.41) is 0. The van der Waals surface area contributed by atoms with Crippen LogP contribution < -0.4 is 5.73 Å². The van der Waals surface area contributed by atoms with Gasteiger partial charge in [-0.25, -0.2) is 8.42 Å². The predicted octanol–water partition coefficient (Wildman–Crippen LogP) is 2.05. The molecule has 0 radical (unpaired) electrons. The van der Waals surface area contributed by atoms with E-state index in [0.717, 1.165) is 24.0 Å². The van der Waals surface area contributed by atoms with Crippen LogP contribution in [0.25, 0.3) is 0 Å². The Morgan fingerprint density at radius 3 is 2.70 bits per heavy atom. The Morgan fingerprint density at radius 2 is 2.05 bits per heavy atom. The second-order valence-electron chi connectivity index (χ2n) is 5.89. The molecule has 0 amide bonds. The van der Waals surface area contributed by atoms with Crippen LogP contribution in [0.5, 0.6) is 0 Å². The fourth-order valence-electron chi connectivity index (χ4n) is 2.75. The van der Waals surface area contributed by atoms with Crippen molar-refractivity contribution in [1.29, 1.82) is 0 Å². The minimum Gasteiger partial charge on any atom is -0.328 e. The largest absolute Gasteiger partial charge is 0.328 e. The van der Waals surface area contributed by atoms with Gasteiger partial charge < -0.3 is 5.73 Å². The molecule has 1 aliphatic rings. The van der Waals surface area contributed by atoms with Gasteiger partial charge in [0, 0.05) is 19.1 Å². The van der Waals surface area contributed by atoms with Crippen LogP contribution in [0.4, 0.5) is 0 Å². The number of piperidine rings is 1. The van der Waals surface area contributed by atoms with Crippen LogP contribution in [0.2, 0.25) is 0 Å². The molecular formula is C15H24N2O2S. The Bertz CT molecular complexity index is 582. The number of hydrogen-bond donors (Lipinski definition) is 1. The van der Waals surface area contributed by atoms with Crippen LogP contribution in [0.15, 0.2) is 23.1 Å². The lowest BCUT2D eigenvalue weighted by molar-refractivity contribution is 0.243. The van der Waals surface area contributed by atoms with E-state index in [-0.39, 0.29) is 12.0 Å². The lowest BCUT2D eigenvalue weighted by Gasteiger charge is -2.34. The molecule has 0 spiro atoms. The van der Waals surface area contributed by atoms with Gasteiger partial charge in [-0.05, 0) is 56.7 Å². The average Bonchev–Trinajstić information content (AvgIpc) is 2.41. The number of nitrogens with zero attached hydrogens (tertiary/aromatic N) is 1. The lowest BCUT2D eigenvalue weighted by Crippen LogP contribution is -2.45. The molecule has 1 heterocycles. The highest BCUT2D eigenvalue weighted by Crippen LogP contribution is 2.27. The Kier molecular flexibility index (Phi) is 4.52. The summed E-state index contributed by atoms with van der Waals surface area (Å²) in [6, 6.07) is 5.61. The van der Waals surface area contributed by atoms with E-state index in [1.165, 1.54) is 0 Å². The maximum absolute atomic E-state index is 12.8. The summed E-state index contributed by atoms with van der Waals surface area (Å²) in [5.74, 6) is 0.253. The van der Waals surface area contributed by atoms with Gasteiger partial charge in [-0.1, -0.05) is 12.1 Å². The molecular weight excluding hydrogens is 272 g/mol. The normalized spacial score (nSPS) is 22.7. The second-order valence-corrected chi connectivity index (χ2v) is 7.80. The Hall–Kier alpha value is -0.910. The molecule has 1 aromatic carbocycles. The maximum atomic E-state index is 12.8. The number of nitrogens with two attached hydrogens (primary N) is 1.